The predicted molar refractivity (Wildman–Crippen MR) is 235 cm³/mol. The number of nitrogens with one attached hydrogen (secondary N) is 1. The third-order valence-corrected chi connectivity index (χ3v) is 11.4. The van der Waals surface area contributed by atoms with E-state index in [4.69, 9.17) is 9.05 Å². The molecule has 0 bridgehead atoms. The van der Waals surface area contributed by atoms with Gasteiger partial charge in [0.05, 0.1) is 39.9 Å². The smallest absolute Gasteiger partial charge is 0.387 e. The van der Waals surface area contributed by atoms with Crippen molar-refractivity contribution >= 4 is 13.7 Å². The second-order valence-electron chi connectivity index (χ2n) is 17.1. The summed E-state index contributed by atoms with van der Waals surface area (Å²) in [6, 6.07) is -0.857. The third kappa shape index (κ3) is 41.0. The molecule has 326 valence electrons. The van der Waals surface area contributed by atoms with Crippen LogP contribution >= 0.6 is 7.82 Å². The summed E-state index contributed by atoms with van der Waals surface area (Å²) in [7, 11) is 1.56. The number of unbranched alkanes of at least 4 members (excludes halogenated alkanes) is 27. The molecule has 0 rings (SSSR count). The van der Waals surface area contributed by atoms with E-state index in [-0.39, 0.29) is 19.1 Å². The Morgan fingerprint density at radius 3 is 1.45 bits per heavy atom. The number of phosphoric acid groups is 1. The number of amides is 1. The Morgan fingerprint density at radius 1 is 0.600 bits per heavy atom. The van der Waals surface area contributed by atoms with Crippen molar-refractivity contribution in [1.82, 2.24) is 5.32 Å². The predicted octanol–water partition coefficient (Wildman–Crippen LogP) is 12.9. The number of carbonyl (C=O) groups excluding carboxylic acids is 1. The molecule has 0 aromatic carbocycles. The summed E-state index contributed by atoms with van der Waals surface area (Å²) < 4.78 is 23.6. The van der Waals surface area contributed by atoms with E-state index in [0.717, 1.165) is 38.5 Å². The van der Waals surface area contributed by atoms with Crippen LogP contribution in [0.15, 0.2) is 24.3 Å². The summed E-state index contributed by atoms with van der Waals surface area (Å²) in [5.41, 5.74) is 0. The Balaban J connectivity index is 4.40. The fourth-order valence-electron chi connectivity index (χ4n) is 6.70. The molecule has 0 aliphatic rings. The zero-order valence-electron chi connectivity index (χ0n) is 36.9. The number of hydrogen-bond acceptors (Lipinski definition) is 5. The number of allylic oxidation sites excluding steroid dienone is 3. The maximum Gasteiger partial charge on any atom is 0.472 e. The van der Waals surface area contributed by atoms with Gasteiger partial charge in [0, 0.05) is 6.42 Å². The molecule has 9 heteroatoms. The molecule has 0 aromatic rings. The average Bonchev–Trinajstić information content (AvgIpc) is 3.13. The van der Waals surface area contributed by atoms with Crippen molar-refractivity contribution in [3.8, 4) is 0 Å². The molecule has 0 radical (unpaired) electrons. The number of hydrogen-bond donors (Lipinski definition) is 3. The van der Waals surface area contributed by atoms with Gasteiger partial charge in [-0.05, 0) is 32.1 Å². The molecule has 55 heavy (non-hydrogen) atoms. The highest BCUT2D eigenvalue weighted by Crippen LogP contribution is 2.43. The molecule has 1 amide bonds. The summed E-state index contributed by atoms with van der Waals surface area (Å²) in [5, 5.41) is 13.8. The molecule has 0 saturated carbocycles. The van der Waals surface area contributed by atoms with Gasteiger partial charge in [-0.25, -0.2) is 4.57 Å². The Hall–Kier alpha value is -1.02. The van der Waals surface area contributed by atoms with Crippen LogP contribution in [0.2, 0.25) is 0 Å². The van der Waals surface area contributed by atoms with Crippen molar-refractivity contribution in [1.29, 1.82) is 0 Å². The zero-order chi connectivity index (χ0) is 40.7. The Labute approximate surface area is 341 Å². The highest BCUT2D eigenvalue weighted by atomic mass is 31.2. The minimum atomic E-state index is -4.34. The van der Waals surface area contributed by atoms with Crippen molar-refractivity contribution in [3.63, 3.8) is 0 Å². The quantitative estimate of drug-likeness (QED) is 0.0246. The monoisotopic (exact) mass is 800 g/mol. The van der Waals surface area contributed by atoms with Crippen molar-refractivity contribution in [2.24, 2.45) is 0 Å². The Morgan fingerprint density at radius 2 is 1.00 bits per heavy atom. The van der Waals surface area contributed by atoms with E-state index in [1.165, 1.54) is 154 Å². The molecule has 8 nitrogen and oxygen atoms in total. The molecule has 0 aromatic heterocycles. The molecule has 3 unspecified atom stereocenters. The van der Waals surface area contributed by atoms with Gasteiger partial charge in [-0.3, -0.25) is 13.8 Å². The lowest BCUT2D eigenvalue weighted by Gasteiger charge is -2.25. The first-order chi connectivity index (χ1) is 26.5. The first-order valence-corrected chi connectivity index (χ1v) is 24.7. The van der Waals surface area contributed by atoms with Crippen molar-refractivity contribution < 1.29 is 32.9 Å². The second kappa shape index (κ2) is 38.5. The summed E-state index contributed by atoms with van der Waals surface area (Å²) in [6.07, 6.45) is 45.3. The number of rotatable bonds is 42. The van der Waals surface area contributed by atoms with E-state index in [1.807, 2.05) is 27.2 Å². The number of aliphatic hydroxyl groups excluding tert-OH is 1. The van der Waals surface area contributed by atoms with Crippen LogP contribution in [0, 0.1) is 0 Å². The fourth-order valence-corrected chi connectivity index (χ4v) is 7.44. The third-order valence-electron chi connectivity index (χ3n) is 10.4. The van der Waals surface area contributed by atoms with E-state index in [2.05, 4.69) is 31.3 Å². The zero-order valence-corrected chi connectivity index (χ0v) is 37.8. The number of nitrogens with zero attached hydrogens (tertiary/aromatic N) is 1. The molecular weight excluding hydrogens is 707 g/mol. The van der Waals surface area contributed by atoms with Gasteiger partial charge in [0.1, 0.15) is 13.2 Å². The first-order valence-electron chi connectivity index (χ1n) is 23.2. The highest BCUT2D eigenvalue weighted by Gasteiger charge is 2.27. The van der Waals surface area contributed by atoms with Gasteiger partial charge >= 0.3 is 7.82 Å². The van der Waals surface area contributed by atoms with E-state index in [9.17, 15) is 19.4 Å². The summed E-state index contributed by atoms with van der Waals surface area (Å²) >= 11 is 0. The van der Waals surface area contributed by atoms with E-state index in [1.54, 1.807) is 6.08 Å². The number of phosphoric ester groups is 1. The highest BCUT2D eigenvalue weighted by molar-refractivity contribution is 7.47. The lowest BCUT2D eigenvalue weighted by molar-refractivity contribution is -0.870. The van der Waals surface area contributed by atoms with Crippen LogP contribution in [-0.4, -0.2) is 73.4 Å². The van der Waals surface area contributed by atoms with E-state index < -0.39 is 20.0 Å². The van der Waals surface area contributed by atoms with Gasteiger partial charge in [0.2, 0.25) is 5.91 Å². The minimum absolute atomic E-state index is 0.0583. The van der Waals surface area contributed by atoms with Crippen LogP contribution in [0.1, 0.15) is 213 Å². The summed E-state index contributed by atoms with van der Waals surface area (Å²) in [5.74, 6) is -0.185. The van der Waals surface area contributed by atoms with Crippen LogP contribution in [-0.2, 0) is 18.4 Å². The first kappa shape index (κ1) is 54.0. The van der Waals surface area contributed by atoms with Gasteiger partial charge in [0.15, 0.2) is 0 Å². The van der Waals surface area contributed by atoms with E-state index in [0.29, 0.717) is 17.4 Å². The second-order valence-corrected chi connectivity index (χ2v) is 18.6. The lowest BCUT2D eigenvalue weighted by atomic mass is 10.0. The van der Waals surface area contributed by atoms with Gasteiger partial charge < -0.3 is 19.8 Å². The van der Waals surface area contributed by atoms with Crippen molar-refractivity contribution in [3.05, 3.63) is 24.3 Å². The maximum atomic E-state index is 12.9. The average molecular weight is 800 g/mol. The fraction of sp³-hybridized carbons (Fsp3) is 0.891. The summed E-state index contributed by atoms with van der Waals surface area (Å²) in [4.78, 5) is 23.1. The Bertz CT molecular complexity index is 953. The molecule has 0 aliphatic heterocycles. The topological polar surface area (TPSA) is 105 Å². The Kier molecular flexibility index (Phi) is 37.8. The maximum absolute atomic E-state index is 12.9. The van der Waals surface area contributed by atoms with Crippen LogP contribution in [0.4, 0.5) is 0 Å². The SMILES string of the molecule is CCCCCCCCCCC/C=C/CC/C=C/C(O)C(COP(=O)(O)OCC[N+](C)(C)C)NC(=O)CCCCCCCCCCCCCCCCCCCC. The van der Waals surface area contributed by atoms with Crippen LogP contribution in [0.25, 0.3) is 0 Å². The van der Waals surface area contributed by atoms with Crippen LogP contribution in [0.5, 0.6) is 0 Å². The van der Waals surface area contributed by atoms with Gasteiger partial charge in [-0.1, -0.05) is 199 Å². The number of quaternary nitrogens is 1. The van der Waals surface area contributed by atoms with E-state index >= 15 is 0 Å². The largest absolute Gasteiger partial charge is 0.472 e. The molecule has 0 aliphatic carbocycles. The molecule has 3 atom stereocenters. The van der Waals surface area contributed by atoms with Gasteiger partial charge in [-0.2, -0.15) is 0 Å². The molecule has 3 N–H and O–H groups in total. The number of likely N-dealkylation sites (N-methyl/N-ethyl adjacent to an activating group) is 1. The molecule has 0 saturated heterocycles. The minimum Gasteiger partial charge on any atom is -0.387 e. The molecule has 0 fully saturated rings. The molecular formula is C46H92N2O6P+. The summed E-state index contributed by atoms with van der Waals surface area (Å²) in [6.45, 7) is 4.80. The van der Waals surface area contributed by atoms with Crippen LogP contribution in [0.3, 0.4) is 0 Å². The standard InChI is InChI=1S/C46H91N2O6P/c1-6-8-10-12-14-16-18-20-22-23-24-26-28-30-32-34-36-38-40-46(50)47-44(43-54-55(51,52)53-42-41-48(3,4)5)45(49)39-37-35-33-31-29-27-25-21-19-17-15-13-11-9-7-2/h29,31,37,39,44-45,49H,6-28,30,32-36,38,40-43H2,1-5H3,(H-,47,50,51,52)/p+1/b31-29+,39-37+. The van der Waals surface area contributed by atoms with Crippen molar-refractivity contribution in [2.45, 2.75) is 225 Å². The van der Waals surface area contributed by atoms with Gasteiger partial charge in [-0.15, -0.1) is 0 Å². The van der Waals surface area contributed by atoms with Crippen LogP contribution < -0.4 is 5.32 Å². The molecule has 0 spiro atoms. The number of carbonyl (C=O) groups is 1. The lowest BCUT2D eigenvalue weighted by Crippen LogP contribution is -2.45. The molecule has 0 heterocycles. The van der Waals surface area contributed by atoms with Crippen molar-refractivity contribution in [2.75, 3.05) is 40.9 Å². The number of aliphatic hydroxyl groups is 1. The van der Waals surface area contributed by atoms with Gasteiger partial charge in [0.25, 0.3) is 0 Å². The normalized spacial score (nSPS) is 14.5.